The molecule has 106 valence electrons. The number of hydrogen-bond acceptors (Lipinski definition) is 2. The van der Waals surface area contributed by atoms with E-state index in [2.05, 4.69) is 38.1 Å². The van der Waals surface area contributed by atoms with Gasteiger partial charge in [0, 0.05) is 14.2 Å². The molecule has 0 N–H and O–H groups in total. The first-order chi connectivity index (χ1) is 9.69. The van der Waals surface area contributed by atoms with Crippen LogP contribution in [-0.4, -0.2) is 14.2 Å². The van der Waals surface area contributed by atoms with Gasteiger partial charge in [-0.2, -0.15) is 0 Å². The minimum absolute atomic E-state index is 0.109. The molecule has 20 heavy (non-hydrogen) atoms. The van der Waals surface area contributed by atoms with Gasteiger partial charge in [0.05, 0.1) is 0 Å². The average molecular weight is 270 g/mol. The summed E-state index contributed by atoms with van der Waals surface area (Å²) in [6.45, 7) is 4.21. The fourth-order valence-electron chi connectivity index (χ4n) is 2.64. The van der Waals surface area contributed by atoms with Gasteiger partial charge < -0.3 is 9.47 Å². The van der Waals surface area contributed by atoms with Gasteiger partial charge in [-0.3, -0.25) is 0 Å². The molecular formula is C18H22O2. The van der Waals surface area contributed by atoms with E-state index in [0.717, 1.165) is 0 Å². The predicted octanol–water partition coefficient (Wildman–Crippen LogP) is 4.38. The Morgan fingerprint density at radius 1 is 0.650 bits per heavy atom. The van der Waals surface area contributed by atoms with Crippen molar-refractivity contribution in [2.75, 3.05) is 14.2 Å². The summed E-state index contributed by atoms with van der Waals surface area (Å²) in [5, 5.41) is 0. The quantitative estimate of drug-likeness (QED) is 0.802. The van der Waals surface area contributed by atoms with Gasteiger partial charge >= 0.3 is 0 Å². The van der Waals surface area contributed by atoms with E-state index in [4.69, 9.17) is 9.47 Å². The Balaban J connectivity index is 2.44. The SMILES string of the molecule is CO[C@H](c1ccccc1C)[C@H](OC)c1ccccc1C. The van der Waals surface area contributed by atoms with Gasteiger partial charge in [0.15, 0.2) is 0 Å². The Kier molecular flexibility index (Phi) is 4.94. The van der Waals surface area contributed by atoms with E-state index in [1.807, 2.05) is 24.3 Å². The van der Waals surface area contributed by atoms with Crippen molar-refractivity contribution in [2.24, 2.45) is 0 Å². The van der Waals surface area contributed by atoms with E-state index in [9.17, 15) is 0 Å². The summed E-state index contributed by atoms with van der Waals surface area (Å²) in [6.07, 6.45) is -0.218. The van der Waals surface area contributed by atoms with Gasteiger partial charge in [0.2, 0.25) is 0 Å². The third-order valence-corrected chi connectivity index (χ3v) is 3.77. The molecule has 2 rings (SSSR count). The van der Waals surface area contributed by atoms with Crippen molar-refractivity contribution >= 4 is 0 Å². The second-order valence-electron chi connectivity index (χ2n) is 5.03. The predicted molar refractivity (Wildman–Crippen MR) is 81.9 cm³/mol. The summed E-state index contributed by atoms with van der Waals surface area (Å²) in [5.74, 6) is 0. The molecule has 0 amide bonds. The van der Waals surface area contributed by atoms with E-state index < -0.39 is 0 Å². The van der Waals surface area contributed by atoms with Crippen molar-refractivity contribution in [3.63, 3.8) is 0 Å². The van der Waals surface area contributed by atoms with Crippen molar-refractivity contribution < 1.29 is 9.47 Å². The molecule has 0 unspecified atom stereocenters. The lowest BCUT2D eigenvalue weighted by Crippen LogP contribution is -2.17. The lowest BCUT2D eigenvalue weighted by molar-refractivity contribution is -0.0402. The standard InChI is InChI=1S/C18H22O2/c1-13-9-5-7-11-15(13)17(19-3)18(20-4)16-12-8-6-10-14(16)2/h5-12,17-18H,1-4H3/t17-,18-/m1/s1. The maximum absolute atomic E-state index is 5.75. The Morgan fingerprint density at radius 2 is 1.00 bits per heavy atom. The van der Waals surface area contributed by atoms with Crippen molar-refractivity contribution in [3.8, 4) is 0 Å². The lowest BCUT2D eigenvalue weighted by Gasteiger charge is -2.28. The third-order valence-electron chi connectivity index (χ3n) is 3.77. The van der Waals surface area contributed by atoms with E-state index in [-0.39, 0.29) is 12.2 Å². The van der Waals surface area contributed by atoms with Crippen LogP contribution in [0.25, 0.3) is 0 Å². The van der Waals surface area contributed by atoms with E-state index in [1.165, 1.54) is 22.3 Å². The van der Waals surface area contributed by atoms with Crippen molar-refractivity contribution in [1.29, 1.82) is 0 Å². The largest absolute Gasteiger partial charge is 0.374 e. The number of rotatable bonds is 5. The molecule has 0 aliphatic rings. The highest BCUT2D eigenvalue weighted by molar-refractivity contribution is 5.34. The molecule has 2 nitrogen and oxygen atoms in total. The van der Waals surface area contributed by atoms with Crippen LogP contribution < -0.4 is 0 Å². The average Bonchev–Trinajstić information content (AvgIpc) is 2.47. The Hall–Kier alpha value is -1.64. The van der Waals surface area contributed by atoms with Crippen LogP contribution in [0.5, 0.6) is 0 Å². The fraction of sp³-hybridized carbons (Fsp3) is 0.333. The molecule has 2 atom stereocenters. The molecule has 0 spiro atoms. The molecule has 0 aliphatic carbocycles. The maximum atomic E-state index is 5.75. The zero-order valence-corrected chi connectivity index (χ0v) is 12.6. The molecule has 2 aromatic carbocycles. The van der Waals surface area contributed by atoms with Crippen LogP contribution in [0.4, 0.5) is 0 Å². The second-order valence-corrected chi connectivity index (χ2v) is 5.03. The molecule has 0 saturated carbocycles. The van der Waals surface area contributed by atoms with Gasteiger partial charge in [-0.15, -0.1) is 0 Å². The number of methoxy groups -OCH3 is 2. The van der Waals surface area contributed by atoms with Crippen LogP contribution in [0.3, 0.4) is 0 Å². The summed E-state index contributed by atoms with van der Waals surface area (Å²) in [5.41, 5.74) is 4.78. The van der Waals surface area contributed by atoms with E-state index >= 15 is 0 Å². The van der Waals surface area contributed by atoms with Gasteiger partial charge in [0.1, 0.15) is 12.2 Å². The van der Waals surface area contributed by atoms with Crippen LogP contribution in [-0.2, 0) is 9.47 Å². The van der Waals surface area contributed by atoms with Crippen LogP contribution in [0.15, 0.2) is 48.5 Å². The first kappa shape index (κ1) is 14.8. The van der Waals surface area contributed by atoms with Crippen molar-refractivity contribution in [2.45, 2.75) is 26.1 Å². The molecule has 2 aromatic rings. The minimum atomic E-state index is -0.109. The van der Waals surface area contributed by atoms with Gasteiger partial charge in [-0.05, 0) is 36.1 Å². The molecule has 0 saturated heterocycles. The lowest BCUT2D eigenvalue weighted by atomic mass is 9.92. The molecule has 0 aliphatic heterocycles. The number of aryl methyl sites for hydroxylation is 2. The van der Waals surface area contributed by atoms with E-state index in [0.29, 0.717) is 0 Å². The Labute approximate surface area is 121 Å². The summed E-state index contributed by atoms with van der Waals surface area (Å²) in [7, 11) is 3.47. The molecule has 0 fully saturated rings. The van der Waals surface area contributed by atoms with Gasteiger partial charge in [-0.1, -0.05) is 48.5 Å². The highest BCUT2D eigenvalue weighted by atomic mass is 16.5. The van der Waals surface area contributed by atoms with Crippen molar-refractivity contribution in [1.82, 2.24) is 0 Å². The normalized spacial score (nSPS) is 14.0. The number of benzene rings is 2. The highest BCUT2D eigenvalue weighted by Crippen LogP contribution is 2.36. The molecule has 0 radical (unpaired) electrons. The second kappa shape index (κ2) is 6.69. The third kappa shape index (κ3) is 2.92. The maximum Gasteiger partial charge on any atom is 0.113 e. The highest BCUT2D eigenvalue weighted by Gasteiger charge is 2.26. The monoisotopic (exact) mass is 270 g/mol. The molecule has 0 bridgehead atoms. The van der Waals surface area contributed by atoms with Gasteiger partial charge in [-0.25, -0.2) is 0 Å². The molecule has 2 heteroatoms. The summed E-state index contributed by atoms with van der Waals surface area (Å²) >= 11 is 0. The summed E-state index contributed by atoms with van der Waals surface area (Å²) in [6, 6.07) is 16.6. The number of hydrogen-bond donors (Lipinski definition) is 0. The first-order valence-electron chi connectivity index (χ1n) is 6.85. The van der Waals surface area contributed by atoms with Gasteiger partial charge in [0.25, 0.3) is 0 Å². The summed E-state index contributed by atoms with van der Waals surface area (Å²) in [4.78, 5) is 0. The van der Waals surface area contributed by atoms with Crippen LogP contribution in [0.1, 0.15) is 34.5 Å². The Morgan fingerprint density at radius 3 is 1.30 bits per heavy atom. The van der Waals surface area contributed by atoms with Crippen LogP contribution >= 0.6 is 0 Å². The molecule has 0 heterocycles. The fourth-order valence-corrected chi connectivity index (χ4v) is 2.64. The van der Waals surface area contributed by atoms with Crippen molar-refractivity contribution in [3.05, 3.63) is 70.8 Å². The van der Waals surface area contributed by atoms with Crippen LogP contribution in [0.2, 0.25) is 0 Å². The smallest absolute Gasteiger partial charge is 0.113 e. The zero-order valence-electron chi connectivity index (χ0n) is 12.6. The van der Waals surface area contributed by atoms with Crippen LogP contribution in [0, 0.1) is 13.8 Å². The summed E-state index contributed by atoms with van der Waals surface area (Å²) < 4.78 is 11.5. The zero-order chi connectivity index (χ0) is 14.5. The molecule has 0 aromatic heterocycles. The first-order valence-corrected chi connectivity index (χ1v) is 6.85. The Bertz CT molecular complexity index is 511. The number of ether oxygens (including phenoxy) is 2. The topological polar surface area (TPSA) is 18.5 Å². The minimum Gasteiger partial charge on any atom is -0.374 e. The molecular weight excluding hydrogens is 248 g/mol. The van der Waals surface area contributed by atoms with E-state index in [1.54, 1.807) is 14.2 Å².